The number of benzene rings is 17. The minimum Gasteiger partial charge on any atom is -0.309 e. The Morgan fingerprint density at radius 3 is 0.890 bits per heavy atom. The minimum atomic E-state index is 0.631. The summed E-state index contributed by atoms with van der Waals surface area (Å²) in [7, 11) is 0. The predicted octanol–water partition coefficient (Wildman–Crippen LogP) is 28.3. The van der Waals surface area contributed by atoms with Crippen molar-refractivity contribution in [1.29, 1.82) is 0 Å². The summed E-state index contributed by atoms with van der Waals surface area (Å²) in [5, 5.41) is 9.60. The Morgan fingerprint density at radius 2 is 0.432 bits per heavy atom. The molecule has 6 heterocycles. The van der Waals surface area contributed by atoms with Gasteiger partial charge in [0.2, 0.25) is 11.9 Å². The summed E-state index contributed by atoms with van der Waals surface area (Å²) >= 11 is 0. The van der Waals surface area contributed by atoms with Gasteiger partial charge in [-0.15, -0.1) is 0 Å². The van der Waals surface area contributed by atoms with Crippen LogP contribution in [0.2, 0.25) is 0 Å². The average molecular weight is 1510 g/mol. The largest absolute Gasteiger partial charge is 0.309 e. The molecule has 0 radical (unpaired) electrons. The lowest BCUT2D eigenvalue weighted by molar-refractivity contribution is 0.992. The van der Waals surface area contributed by atoms with E-state index in [9.17, 15) is 0 Å². The third-order valence-electron chi connectivity index (χ3n) is 23.2. The second-order valence-electron chi connectivity index (χ2n) is 30.1. The molecule has 0 fully saturated rings. The van der Waals surface area contributed by atoms with Gasteiger partial charge in [0.05, 0.1) is 61.2 Å². The Hall–Kier alpha value is -15.9. The lowest BCUT2D eigenvalue weighted by Crippen LogP contribution is -2.04. The first-order chi connectivity index (χ1) is 58.5. The highest BCUT2D eigenvalue weighted by Gasteiger charge is 2.23. The Labute approximate surface area is 681 Å². The van der Waals surface area contributed by atoms with Crippen molar-refractivity contribution in [3.63, 3.8) is 0 Å². The summed E-state index contributed by atoms with van der Waals surface area (Å²) in [5.74, 6) is 1.28. The van der Waals surface area contributed by atoms with E-state index < -0.39 is 0 Å². The molecule has 23 aromatic rings. The van der Waals surface area contributed by atoms with Crippen LogP contribution in [0.4, 0.5) is 0 Å². The smallest absolute Gasteiger partial charge is 0.235 e. The number of hydrogen-bond donors (Lipinski definition) is 0. The zero-order valence-corrected chi connectivity index (χ0v) is 64.1. The molecule has 8 heteroatoms. The molecule has 118 heavy (non-hydrogen) atoms. The van der Waals surface area contributed by atoms with Gasteiger partial charge < -0.3 is 9.13 Å². The first-order valence-corrected chi connectivity index (χ1v) is 40.1. The van der Waals surface area contributed by atoms with Gasteiger partial charge >= 0.3 is 0 Å². The minimum absolute atomic E-state index is 0.631. The number of fused-ring (bicyclic) bond motifs is 12. The van der Waals surface area contributed by atoms with E-state index in [1.165, 1.54) is 104 Å². The Morgan fingerprint density at radius 1 is 0.153 bits per heavy atom. The lowest BCUT2D eigenvalue weighted by atomic mass is 9.94. The molecule has 17 aromatic carbocycles. The SMILES string of the molecule is c1ccc(-c2cccc(-c3cccc(-c4cc(-c5ccccc5)nc(-n5c6ccccc6c6cc(-c7ccc8c(c7)c7ccccc7n8-c7ccccc7)ccc65)n4)c3)c2)cc1.c1ccc(-c2ccccc2-c2ccc(-c3ccnc(-n4c5ccccc5c5cc(-c6ccc7c(c6)c6ccccc6n7-c6ccccc6)ccc54)n3)cc2)cc1. The van der Waals surface area contributed by atoms with Crippen LogP contribution in [0.3, 0.4) is 0 Å². The van der Waals surface area contributed by atoms with Crippen molar-refractivity contribution < 1.29 is 0 Å². The van der Waals surface area contributed by atoms with E-state index >= 15 is 0 Å². The maximum absolute atomic E-state index is 5.39. The van der Waals surface area contributed by atoms with Crippen molar-refractivity contribution >= 4 is 87.2 Å². The fraction of sp³-hybridized carbons (Fsp3) is 0. The molecule has 0 aliphatic carbocycles. The van der Waals surface area contributed by atoms with Gasteiger partial charge in [-0.1, -0.05) is 309 Å². The van der Waals surface area contributed by atoms with Crippen LogP contribution in [0.15, 0.2) is 437 Å². The van der Waals surface area contributed by atoms with Crippen molar-refractivity contribution in [1.82, 2.24) is 38.2 Å². The number of hydrogen-bond acceptors (Lipinski definition) is 4. The normalized spacial score (nSPS) is 11.6. The Kier molecular flexibility index (Phi) is 17.1. The molecule has 0 N–H and O–H groups in total. The van der Waals surface area contributed by atoms with Gasteiger partial charge in [-0.25, -0.2) is 19.9 Å². The lowest BCUT2D eigenvalue weighted by Gasteiger charge is -2.13. The molecular formula is C110H72N8. The molecule has 0 aliphatic rings. The van der Waals surface area contributed by atoms with Crippen LogP contribution < -0.4 is 0 Å². The molecule has 23 rings (SSSR count). The summed E-state index contributed by atoms with van der Waals surface area (Å²) in [6.07, 6.45) is 1.87. The van der Waals surface area contributed by atoms with E-state index in [1.807, 2.05) is 18.3 Å². The van der Waals surface area contributed by atoms with Crippen LogP contribution in [0.5, 0.6) is 0 Å². The third kappa shape index (κ3) is 12.3. The van der Waals surface area contributed by atoms with Gasteiger partial charge in [-0.2, -0.15) is 0 Å². The van der Waals surface area contributed by atoms with Gasteiger partial charge in [0.15, 0.2) is 0 Å². The summed E-state index contributed by atoms with van der Waals surface area (Å²) in [6.45, 7) is 0. The van der Waals surface area contributed by atoms with Crippen LogP contribution in [0.1, 0.15) is 0 Å². The molecule has 6 aromatic heterocycles. The zero-order valence-electron chi connectivity index (χ0n) is 64.1. The predicted molar refractivity (Wildman–Crippen MR) is 490 cm³/mol. The first-order valence-electron chi connectivity index (χ1n) is 40.1. The summed E-state index contributed by atoms with van der Waals surface area (Å²) in [5.41, 5.74) is 31.2. The molecule has 0 spiro atoms. The molecule has 0 amide bonds. The van der Waals surface area contributed by atoms with E-state index in [1.54, 1.807) is 0 Å². The molecule has 0 unspecified atom stereocenters. The highest BCUT2D eigenvalue weighted by atomic mass is 15.2. The summed E-state index contributed by atoms with van der Waals surface area (Å²) in [4.78, 5) is 20.7. The van der Waals surface area contributed by atoms with Crippen LogP contribution in [0, 0.1) is 0 Å². The van der Waals surface area contributed by atoms with E-state index in [4.69, 9.17) is 19.9 Å². The number of nitrogens with zero attached hydrogens (tertiary/aromatic N) is 8. The monoisotopic (exact) mass is 1500 g/mol. The topological polar surface area (TPSA) is 71.3 Å². The van der Waals surface area contributed by atoms with E-state index in [2.05, 4.69) is 437 Å². The molecule has 8 nitrogen and oxygen atoms in total. The van der Waals surface area contributed by atoms with Crippen molar-refractivity contribution in [2.24, 2.45) is 0 Å². The van der Waals surface area contributed by atoms with Crippen LogP contribution in [-0.2, 0) is 0 Å². The molecular weight excluding hydrogens is 1430 g/mol. The van der Waals surface area contributed by atoms with Crippen molar-refractivity contribution in [2.45, 2.75) is 0 Å². The van der Waals surface area contributed by atoms with Crippen LogP contribution in [-0.4, -0.2) is 38.2 Å². The average Bonchev–Trinajstić information content (AvgIpc) is 1.59. The van der Waals surface area contributed by atoms with Crippen molar-refractivity contribution in [3.8, 4) is 124 Å². The highest BCUT2D eigenvalue weighted by Crippen LogP contribution is 2.43. The number of para-hydroxylation sites is 6. The van der Waals surface area contributed by atoms with E-state index in [0.29, 0.717) is 11.9 Å². The summed E-state index contributed by atoms with van der Waals surface area (Å²) < 4.78 is 9.15. The van der Waals surface area contributed by atoms with E-state index in [0.717, 1.165) is 94.7 Å². The fourth-order valence-corrected chi connectivity index (χ4v) is 17.6. The maximum atomic E-state index is 5.39. The van der Waals surface area contributed by atoms with Gasteiger partial charge in [0, 0.05) is 77.4 Å². The van der Waals surface area contributed by atoms with Crippen molar-refractivity contribution in [2.75, 3.05) is 0 Å². The molecule has 0 saturated carbocycles. The third-order valence-corrected chi connectivity index (χ3v) is 23.2. The van der Waals surface area contributed by atoms with E-state index in [-0.39, 0.29) is 0 Å². The van der Waals surface area contributed by atoms with Gasteiger partial charge in [-0.05, 0) is 188 Å². The fourth-order valence-electron chi connectivity index (χ4n) is 17.6. The van der Waals surface area contributed by atoms with Crippen molar-refractivity contribution in [3.05, 3.63) is 437 Å². The molecule has 552 valence electrons. The number of aromatic nitrogens is 8. The molecule has 0 bridgehead atoms. The second-order valence-corrected chi connectivity index (χ2v) is 30.1. The first kappa shape index (κ1) is 68.9. The summed E-state index contributed by atoms with van der Waals surface area (Å²) in [6, 6.07) is 153. The van der Waals surface area contributed by atoms with Crippen LogP contribution in [0.25, 0.3) is 211 Å². The van der Waals surface area contributed by atoms with Gasteiger partial charge in [0.25, 0.3) is 0 Å². The Bertz CT molecular complexity index is 7770. The van der Waals surface area contributed by atoms with Gasteiger partial charge in [-0.3, -0.25) is 9.13 Å². The van der Waals surface area contributed by atoms with Crippen LogP contribution >= 0.6 is 0 Å². The molecule has 0 aliphatic heterocycles. The second kappa shape index (κ2) is 29.3. The Balaban J connectivity index is 0.000000143. The molecule has 0 atom stereocenters. The van der Waals surface area contributed by atoms with Gasteiger partial charge in [0.1, 0.15) is 0 Å². The number of rotatable bonds is 13. The maximum Gasteiger partial charge on any atom is 0.235 e. The zero-order chi connectivity index (χ0) is 78.0. The quantitative estimate of drug-likeness (QED) is 0.115. The standard InChI is InChI=1S/C58H38N4.C52H34N4/c1-4-16-39(17-5-1)41-20-14-21-42(34-41)43-22-15-23-46(35-43)53-38-52(40-18-6-2-7-19-40)59-58(60-53)62-55-29-13-11-27-49(55)51-37-45(31-33-57(51)62)44-30-32-56-50(36-44)48-26-10-12-28-54(48)61(56)47-24-8-3-9-25-47;1-3-13-35(14-4-1)41-17-7-8-18-42(41)36-23-25-37(26-24-36)47-31-32-53-52(54-47)56-49-22-12-10-20-44(49)46-34-39(28-30-51(46)56)38-27-29-50-45(33-38)43-19-9-11-21-48(43)55(50)40-15-5-2-6-16-40/h1-38H;1-34H. The molecule has 0 saturated heterocycles. The highest BCUT2D eigenvalue weighted by molar-refractivity contribution is 6.15.